The predicted molar refractivity (Wildman–Crippen MR) is 129 cm³/mol. The maximum absolute atomic E-state index is 9.69. The molecule has 0 fully saturated rings. The molecule has 0 aliphatic carbocycles. The van der Waals surface area contributed by atoms with E-state index in [0.29, 0.717) is 0 Å². The largest absolute Gasteiger partial charge is 0.692 e. The summed E-state index contributed by atoms with van der Waals surface area (Å²) in [5, 5.41) is 0. The summed E-state index contributed by atoms with van der Waals surface area (Å²) in [6, 6.07) is 21.7. The molecule has 1 aromatic carbocycles. The fraction of sp³-hybridized carbons (Fsp3) is 0.158. The van der Waals surface area contributed by atoms with Gasteiger partial charge < -0.3 is 9.79 Å². The monoisotopic (exact) mass is 513 g/mol. The molecule has 12 heteroatoms. The molecule has 0 spiro atoms. The molecule has 2 aromatic heterocycles. The number of halogens is 2. The fourth-order valence-electron chi connectivity index (χ4n) is 1.16. The summed E-state index contributed by atoms with van der Waals surface area (Å²) in [4.78, 5) is 37.7. The van der Waals surface area contributed by atoms with Crippen LogP contribution in [0.3, 0.4) is 0 Å². The van der Waals surface area contributed by atoms with Crippen LogP contribution < -0.4 is 0 Å². The Morgan fingerprint density at radius 1 is 0.774 bits per heavy atom. The van der Waals surface area contributed by atoms with Gasteiger partial charge in [-0.05, 0) is 31.2 Å². The number of benzene rings is 1. The van der Waals surface area contributed by atoms with Crippen molar-refractivity contribution in [3.05, 3.63) is 97.1 Å². The molecule has 0 atom stereocenters. The van der Waals surface area contributed by atoms with Crippen molar-refractivity contribution in [2.75, 3.05) is 6.16 Å². The maximum atomic E-state index is 9.69. The van der Waals surface area contributed by atoms with E-state index in [9.17, 15) is 4.57 Å². The summed E-state index contributed by atoms with van der Waals surface area (Å²) < 4.78 is 18.4. The Morgan fingerprint density at radius 2 is 1.03 bits per heavy atom. The van der Waals surface area contributed by atoms with E-state index in [1.807, 2.05) is 54.6 Å². The van der Waals surface area contributed by atoms with Gasteiger partial charge in [-0.25, -0.2) is 0 Å². The van der Waals surface area contributed by atoms with Crippen molar-refractivity contribution in [3.8, 4) is 0 Å². The third-order valence-electron chi connectivity index (χ3n) is 2.49. The third-order valence-corrected chi connectivity index (χ3v) is 3.31. The number of hydrogen-bond acceptors (Lipinski definition) is 4. The van der Waals surface area contributed by atoms with Gasteiger partial charge in [-0.15, -0.1) is 34.6 Å². The van der Waals surface area contributed by atoms with E-state index in [2.05, 4.69) is 29.0 Å². The first-order valence-corrected chi connectivity index (χ1v) is 11.3. The van der Waals surface area contributed by atoms with Crippen molar-refractivity contribution in [2.24, 2.45) is 0 Å². The second-order valence-electron chi connectivity index (χ2n) is 4.94. The second-order valence-corrected chi connectivity index (χ2v) is 7.40. The Balaban J connectivity index is -0.000000146. The highest BCUT2D eigenvalue weighted by Gasteiger charge is 2.05. The van der Waals surface area contributed by atoms with E-state index in [1.165, 1.54) is 12.5 Å². The van der Waals surface area contributed by atoms with Gasteiger partial charge in [0.25, 0.3) is 0 Å². The molecule has 0 amide bonds. The molecule has 4 N–H and O–H groups in total. The standard InChI is InChI=1S/C7H8.2C5H5N.C2H7O3P.2ClH.HO3P/c1-7-5-3-2-4-6-7;2*1-2-4-6-5-3-1;1-2-6(3,4)5;;;1-4(2)3/h2-6H,1H3;2*1-5H;2H2,1H3,(H2,3,4,5);2*1H;(H-,1,2,3)/p+1. The van der Waals surface area contributed by atoms with Gasteiger partial charge in [0, 0.05) is 35.5 Å². The van der Waals surface area contributed by atoms with Crippen LogP contribution in [0.15, 0.2) is 91.5 Å². The van der Waals surface area contributed by atoms with E-state index in [4.69, 9.17) is 24.1 Å². The van der Waals surface area contributed by atoms with Gasteiger partial charge in [-0.1, -0.05) is 55.0 Å². The lowest BCUT2D eigenvalue weighted by Gasteiger charge is -1.92. The van der Waals surface area contributed by atoms with Crippen LogP contribution in [-0.4, -0.2) is 35.7 Å². The molecule has 0 aliphatic heterocycles. The number of aryl methyl sites for hydroxylation is 1. The predicted octanol–water partition coefficient (Wildman–Crippen LogP) is 4.81. The molecule has 0 unspecified atom stereocenters. The summed E-state index contributed by atoms with van der Waals surface area (Å²) in [5.41, 5.74) is 1.32. The van der Waals surface area contributed by atoms with Crippen molar-refractivity contribution in [3.63, 3.8) is 0 Å². The highest BCUT2D eigenvalue weighted by molar-refractivity contribution is 7.51. The molecule has 0 aliphatic rings. The van der Waals surface area contributed by atoms with Crippen molar-refractivity contribution in [1.29, 1.82) is 0 Å². The smallest absolute Gasteiger partial charge is 0.324 e. The minimum atomic E-state index is -3.65. The first-order valence-electron chi connectivity index (χ1n) is 8.30. The summed E-state index contributed by atoms with van der Waals surface area (Å²) in [7, 11) is -6.52. The number of nitrogens with zero attached hydrogens (tertiary/aromatic N) is 2. The lowest BCUT2D eigenvalue weighted by Crippen LogP contribution is -1.76. The molecule has 3 rings (SSSR count). The summed E-state index contributed by atoms with van der Waals surface area (Å²) >= 11 is 0. The third kappa shape index (κ3) is 43.1. The van der Waals surface area contributed by atoms with E-state index in [-0.39, 0.29) is 31.0 Å². The lowest BCUT2D eigenvalue weighted by atomic mass is 10.2. The van der Waals surface area contributed by atoms with Crippen LogP contribution in [0.4, 0.5) is 0 Å². The van der Waals surface area contributed by atoms with E-state index < -0.39 is 15.9 Å². The van der Waals surface area contributed by atoms with Gasteiger partial charge in [0.15, 0.2) is 0 Å². The van der Waals surface area contributed by atoms with Gasteiger partial charge >= 0.3 is 15.9 Å². The SMILES string of the molecule is CCP(=O)(O)O.Cc1ccccc1.Cl.Cl.O=[P+](O)O.c1ccncc1.c1ccncc1. The Labute approximate surface area is 196 Å². The summed E-state index contributed by atoms with van der Waals surface area (Å²) in [6.45, 7) is 3.53. The molecule has 0 saturated carbocycles. The van der Waals surface area contributed by atoms with E-state index in [1.54, 1.807) is 24.8 Å². The molecule has 0 bridgehead atoms. The van der Waals surface area contributed by atoms with Crippen LogP contribution in [0, 0.1) is 6.92 Å². The Hall–Kier alpha value is -1.73. The number of hydrogen-bond donors (Lipinski definition) is 4. The topological polar surface area (TPSA) is 141 Å². The van der Waals surface area contributed by atoms with E-state index in [0.717, 1.165) is 0 Å². The zero-order valence-corrected chi connectivity index (χ0v) is 20.5. The molecule has 174 valence electrons. The summed E-state index contributed by atoms with van der Waals surface area (Å²) in [6.07, 6.45) is 6.94. The molecule has 2 heterocycles. The van der Waals surface area contributed by atoms with Gasteiger partial charge in [-0.2, -0.15) is 0 Å². The van der Waals surface area contributed by atoms with Gasteiger partial charge in [0.05, 0.1) is 0 Å². The minimum absolute atomic E-state index is 0. The zero-order chi connectivity index (χ0) is 22.4. The molecular weight excluding hydrogens is 485 g/mol. The quantitative estimate of drug-likeness (QED) is 0.339. The highest BCUT2D eigenvalue weighted by atomic mass is 35.5. The van der Waals surface area contributed by atoms with Gasteiger partial charge in [0.1, 0.15) is 0 Å². The van der Waals surface area contributed by atoms with E-state index >= 15 is 0 Å². The van der Waals surface area contributed by atoms with Gasteiger partial charge in [-0.3, -0.25) is 14.5 Å². The van der Waals surface area contributed by atoms with Crippen molar-refractivity contribution in [2.45, 2.75) is 13.8 Å². The van der Waals surface area contributed by atoms with Crippen molar-refractivity contribution >= 4 is 40.7 Å². The lowest BCUT2D eigenvalue weighted by molar-refractivity contribution is 0.374. The van der Waals surface area contributed by atoms with Crippen molar-refractivity contribution in [1.82, 2.24) is 9.97 Å². The van der Waals surface area contributed by atoms with Crippen molar-refractivity contribution < 1.29 is 28.7 Å². The van der Waals surface area contributed by atoms with Crippen LogP contribution in [-0.2, 0) is 9.13 Å². The fourth-order valence-corrected chi connectivity index (χ4v) is 1.16. The number of rotatable bonds is 1. The highest BCUT2D eigenvalue weighted by Crippen LogP contribution is 2.32. The first-order chi connectivity index (χ1) is 13.7. The average Bonchev–Trinajstić information content (AvgIpc) is 2.72. The maximum Gasteiger partial charge on any atom is 0.692 e. The normalized spacial score (nSPS) is 8.19. The van der Waals surface area contributed by atoms with Crippen LogP contribution in [0.5, 0.6) is 0 Å². The second kappa shape index (κ2) is 26.3. The Bertz CT molecular complexity index is 681. The zero-order valence-electron chi connectivity index (χ0n) is 17.1. The molecule has 0 radical (unpaired) electrons. The Kier molecular flexibility index (Phi) is 31.1. The number of aromatic nitrogens is 2. The molecule has 31 heavy (non-hydrogen) atoms. The molecule has 0 saturated heterocycles. The molecular formula is C19H29Cl2N2O6P2+. The van der Waals surface area contributed by atoms with Crippen LogP contribution in [0.2, 0.25) is 0 Å². The minimum Gasteiger partial charge on any atom is -0.324 e. The van der Waals surface area contributed by atoms with Crippen LogP contribution >= 0.6 is 40.7 Å². The number of pyridine rings is 2. The summed E-state index contributed by atoms with van der Waals surface area (Å²) in [5.74, 6) is 0. The molecule has 8 nitrogen and oxygen atoms in total. The molecule has 3 aromatic rings. The van der Waals surface area contributed by atoms with Gasteiger partial charge in [0.2, 0.25) is 0 Å². The van der Waals surface area contributed by atoms with Crippen LogP contribution in [0.25, 0.3) is 0 Å². The average molecular weight is 514 g/mol. The van der Waals surface area contributed by atoms with Crippen LogP contribution in [0.1, 0.15) is 12.5 Å². The first kappa shape index (κ1) is 36.6. The Morgan fingerprint density at radius 3 is 1.13 bits per heavy atom.